The smallest absolute Gasteiger partial charge is 0.207 e. The van der Waals surface area contributed by atoms with E-state index in [4.69, 9.17) is 0 Å². The number of hydrogen-bond acceptors (Lipinski definition) is 2. The minimum atomic E-state index is 0.733. The highest BCUT2D eigenvalue weighted by Gasteiger charge is 2.07. The number of halogens is 2. The third kappa shape index (κ3) is 3.03. The lowest BCUT2D eigenvalue weighted by Crippen LogP contribution is -2.02. The van der Waals surface area contributed by atoms with E-state index < -0.39 is 0 Å². The van der Waals surface area contributed by atoms with Crippen LogP contribution < -0.4 is 5.32 Å². The number of nitrogens with one attached hydrogen (secondary N) is 1. The molecule has 0 radical (unpaired) electrons. The average molecular weight is 371 g/mol. The number of hydrogen-bond donors (Lipinski definition) is 1. The molecule has 1 heterocycles. The summed E-state index contributed by atoms with van der Waals surface area (Å²) in [7, 11) is 0. The molecule has 0 saturated carbocycles. The molecule has 0 aliphatic carbocycles. The molecule has 1 aromatic heterocycles. The van der Waals surface area contributed by atoms with Crippen LogP contribution in [0.15, 0.2) is 46.0 Å². The third-order valence-corrected chi connectivity index (χ3v) is 3.55. The highest BCUT2D eigenvalue weighted by Crippen LogP contribution is 2.28. The fraction of sp³-hybridized carbons (Fsp3) is 0.154. The van der Waals surface area contributed by atoms with Gasteiger partial charge in [0.1, 0.15) is 0 Å². The van der Waals surface area contributed by atoms with Gasteiger partial charge in [-0.15, -0.1) is 6.58 Å². The summed E-state index contributed by atoms with van der Waals surface area (Å²) >= 11 is 6.96. The number of allylic oxidation sites excluding steroid dienone is 1. The first kappa shape index (κ1) is 13.4. The van der Waals surface area contributed by atoms with E-state index in [1.807, 2.05) is 42.0 Å². The normalized spacial score (nSPS) is 10.4. The lowest BCUT2D eigenvalue weighted by Gasteiger charge is -2.09. The summed E-state index contributed by atoms with van der Waals surface area (Å²) in [5.41, 5.74) is 1.96. The molecule has 0 fully saturated rings. The highest BCUT2D eigenvalue weighted by atomic mass is 79.9. The van der Waals surface area contributed by atoms with Crippen molar-refractivity contribution in [3.05, 3.63) is 51.7 Å². The second kappa shape index (κ2) is 5.71. The second-order valence-corrected chi connectivity index (χ2v) is 5.67. The topological polar surface area (TPSA) is 29.9 Å². The molecule has 0 atom stereocenters. The minimum Gasteiger partial charge on any atom is -0.325 e. The fourth-order valence-electron chi connectivity index (χ4n) is 1.64. The SMILES string of the molecule is C=CCn1cc(C)nc1Nc1ccc(Br)cc1Br. The van der Waals surface area contributed by atoms with Crippen LogP contribution in [0, 0.1) is 6.92 Å². The van der Waals surface area contributed by atoms with Gasteiger partial charge in [0.15, 0.2) is 0 Å². The van der Waals surface area contributed by atoms with Crippen LogP contribution in [-0.4, -0.2) is 9.55 Å². The summed E-state index contributed by atoms with van der Waals surface area (Å²) < 4.78 is 4.05. The van der Waals surface area contributed by atoms with Gasteiger partial charge in [-0.1, -0.05) is 22.0 Å². The Hall–Kier alpha value is -1.07. The monoisotopic (exact) mass is 369 g/mol. The first-order chi connectivity index (χ1) is 8.60. The van der Waals surface area contributed by atoms with Gasteiger partial charge in [0, 0.05) is 21.7 Å². The fourth-order valence-corrected chi connectivity index (χ4v) is 2.78. The molecule has 0 bridgehead atoms. The number of nitrogens with zero attached hydrogens (tertiary/aromatic N) is 2. The van der Waals surface area contributed by atoms with E-state index in [1.165, 1.54) is 0 Å². The molecule has 2 aromatic rings. The van der Waals surface area contributed by atoms with Gasteiger partial charge >= 0.3 is 0 Å². The summed E-state index contributed by atoms with van der Waals surface area (Å²) in [4.78, 5) is 4.46. The maximum absolute atomic E-state index is 4.46. The Kier molecular flexibility index (Phi) is 4.24. The van der Waals surface area contributed by atoms with Crippen molar-refractivity contribution in [2.45, 2.75) is 13.5 Å². The van der Waals surface area contributed by atoms with Crippen LogP contribution in [0.2, 0.25) is 0 Å². The molecule has 0 aliphatic rings. The molecule has 0 spiro atoms. The van der Waals surface area contributed by atoms with Crippen molar-refractivity contribution in [3.8, 4) is 0 Å². The first-order valence-corrected chi connectivity index (χ1v) is 7.05. The van der Waals surface area contributed by atoms with Gasteiger partial charge in [-0.2, -0.15) is 0 Å². The van der Waals surface area contributed by atoms with E-state index in [0.717, 1.165) is 32.8 Å². The lowest BCUT2D eigenvalue weighted by atomic mass is 10.3. The molecule has 94 valence electrons. The van der Waals surface area contributed by atoms with Gasteiger partial charge in [-0.25, -0.2) is 4.98 Å². The third-order valence-electron chi connectivity index (χ3n) is 2.40. The van der Waals surface area contributed by atoms with Crippen LogP contribution in [0.4, 0.5) is 11.6 Å². The zero-order chi connectivity index (χ0) is 13.1. The van der Waals surface area contributed by atoms with E-state index >= 15 is 0 Å². The number of aryl methyl sites for hydroxylation is 1. The summed E-state index contributed by atoms with van der Waals surface area (Å²) in [5.74, 6) is 0.815. The molecule has 0 amide bonds. The van der Waals surface area contributed by atoms with Gasteiger partial charge in [-0.3, -0.25) is 0 Å². The molecule has 0 unspecified atom stereocenters. The molecular weight excluding hydrogens is 358 g/mol. The Labute approximate surface area is 123 Å². The Morgan fingerprint density at radius 2 is 2.22 bits per heavy atom. The number of rotatable bonds is 4. The van der Waals surface area contributed by atoms with Crippen LogP contribution in [0.5, 0.6) is 0 Å². The van der Waals surface area contributed by atoms with Gasteiger partial charge in [0.25, 0.3) is 0 Å². The van der Waals surface area contributed by atoms with Gasteiger partial charge < -0.3 is 9.88 Å². The quantitative estimate of drug-likeness (QED) is 0.794. The van der Waals surface area contributed by atoms with Gasteiger partial charge in [0.2, 0.25) is 5.95 Å². The Morgan fingerprint density at radius 1 is 1.44 bits per heavy atom. The summed E-state index contributed by atoms with van der Waals surface area (Å²) in [6, 6.07) is 5.98. The molecule has 0 saturated heterocycles. The summed E-state index contributed by atoms with van der Waals surface area (Å²) in [6.07, 6.45) is 3.85. The largest absolute Gasteiger partial charge is 0.325 e. The first-order valence-electron chi connectivity index (χ1n) is 5.47. The molecule has 1 aromatic carbocycles. The van der Waals surface area contributed by atoms with Crippen molar-refractivity contribution in [1.29, 1.82) is 0 Å². The van der Waals surface area contributed by atoms with E-state index in [9.17, 15) is 0 Å². The van der Waals surface area contributed by atoms with Crippen molar-refractivity contribution in [1.82, 2.24) is 9.55 Å². The zero-order valence-corrected chi connectivity index (χ0v) is 13.1. The molecule has 2 rings (SSSR count). The number of aromatic nitrogens is 2. The number of benzene rings is 1. The Bertz CT molecular complexity index is 576. The Balaban J connectivity index is 2.30. The van der Waals surface area contributed by atoms with Crippen LogP contribution in [0.1, 0.15) is 5.69 Å². The highest BCUT2D eigenvalue weighted by molar-refractivity contribution is 9.11. The second-order valence-electron chi connectivity index (χ2n) is 3.90. The van der Waals surface area contributed by atoms with Crippen LogP contribution in [0.25, 0.3) is 0 Å². The maximum Gasteiger partial charge on any atom is 0.207 e. The zero-order valence-electron chi connectivity index (χ0n) is 9.95. The minimum absolute atomic E-state index is 0.733. The lowest BCUT2D eigenvalue weighted by molar-refractivity contribution is 0.832. The van der Waals surface area contributed by atoms with Crippen LogP contribution in [0.3, 0.4) is 0 Å². The van der Waals surface area contributed by atoms with E-state index in [-0.39, 0.29) is 0 Å². The number of imidazole rings is 1. The summed E-state index contributed by atoms with van der Waals surface area (Å²) in [5, 5.41) is 3.31. The average Bonchev–Trinajstić information content (AvgIpc) is 2.64. The van der Waals surface area contributed by atoms with Crippen molar-refractivity contribution in [2.75, 3.05) is 5.32 Å². The Morgan fingerprint density at radius 3 is 2.89 bits per heavy atom. The number of anilines is 2. The van der Waals surface area contributed by atoms with Crippen molar-refractivity contribution in [3.63, 3.8) is 0 Å². The van der Waals surface area contributed by atoms with Crippen molar-refractivity contribution >= 4 is 43.5 Å². The van der Waals surface area contributed by atoms with Crippen molar-refractivity contribution in [2.24, 2.45) is 0 Å². The maximum atomic E-state index is 4.46. The molecule has 5 heteroatoms. The van der Waals surface area contributed by atoms with Crippen molar-refractivity contribution < 1.29 is 0 Å². The summed E-state index contributed by atoms with van der Waals surface area (Å²) in [6.45, 7) is 6.46. The molecule has 18 heavy (non-hydrogen) atoms. The molecular formula is C13H13Br2N3. The van der Waals surface area contributed by atoms with Crippen LogP contribution >= 0.6 is 31.9 Å². The van der Waals surface area contributed by atoms with E-state index in [1.54, 1.807) is 0 Å². The van der Waals surface area contributed by atoms with Gasteiger partial charge in [-0.05, 0) is 41.1 Å². The van der Waals surface area contributed by atoms with E-state index in [2.05, 4.69) is 48.7 Å². The van der Waals surface area contributed by atoms with Crippen LogP contribution in [-0.2, 0) is 6.54 Å². The van der Waals surface area contributed by atoms with Gasteiger partial charge in [0.05, 0.1) is 11.4 Å². The standard InChI is InChI=1S/C13H13Br2N3/c1-3-6-18-8-9(2)16-13(18)17-12-5-4-10(14)7-11(12)15/h3-5,7-8H,1,6H2,2H3,(H,16,17). The predicted molar refractivity (Wildman–Crippen MR) is 82.3 cm³/mol. The molecule has 3 nitrogen and oxygen atoms in total. The van der Waals surface area contributed by atoms with E-state index in [0.29, 0.717) is 0 Å². The molecule has 0 aliphatic heterocycles. The molecule has 1 N–H and O–H groups in total. The predicted octanol–water partition coefficient (Wildman–Crippen LogP) is 4.65.